The number of nitrogens with one attached hydrogen (secondary N) is 1. The van der Waals surface area contributed by atoms with Crippen LogP contribution in [0.2, 0.25) is 0 Å². The number of halogens is 2. The number of hydrogen-bond acceptors (Lipinski definition) is 4. The molecule has 88 valence electrons. The summed E-state index contributed by atoms with van der Waals surface area (Å²) in [5.41, 5.74) is 6.36. The summed E-state index contributed by atoms with van der Waals surface area (Å²) in [6.45, 7) is 1.32. The minimum absolute atomic E-state index is 0. The maximum Gasteiger partial charge on any atom is 0.137 e. The van der Waals surface area contributed by atoms with Gasteiger partial charge in [0.15, 0.2) is 0 Å². The molecule has 1 aromatic carbocycles. The van der Waals surface area contributed by atoms with E-state index in [0.29, 0.717) is 6.54 Å². The molecule has 0 radical (unpaired) electrons. The van der Waals surface area contributed by atoms with Crippen LogP contribution in [0.4, 0.5) is 5.82 Å². The highest BCUT2D eigenvalue weighted by Crippen LogP contribution is 2.17. The van der Waals surface area contributed by atoms with Gasteiger partial charge in [-0.25, -0.2) is 9.97 Å². The third-order valence-electron chi connectivity index (χ3n) is 1.98. The first kappa shape index (κ1) is 14.9. The van der Waals surface area contributed by atoms with E-state index in [2.05, 4.69) is 15.3 Å². The van der Waals surface area contributed by atoms with E-state index in [4.69, 9.17) is 5.73 Å². The van der Waals surface area contributed by atoms with Crippen LogP contribution >= 0.6 is 24.8 Å². The third kappa shape index (κ3) is 3.20. The van der Waals surface area contributed by atoms with Crippen LogP contribution in [0.1, 0.15) is 0 Å². The van der Waals surface area contributed by atoms with E-state index in [1.54, 1.807) is 6.33 Å². The average Bonchev–Trinajstić information content (AvgIpc) is 2.26. The molecule has 1 aromatic heterocycles. The van der Waals surface area contributed by atoms with E-state index in [-0.39, 0.29) is 24.8 Å². The van der Waals surface area contributed by atoms with Gasteiger partial charge in [0.25, 0.3) is 0 Å². The molecule has 0 amide bonds. The predicted molar refractivity (Wildman–Crippen MR) is 71.6 cm³/mol. The van der Waals surface area contributed by atoms with Crippen LogP contribution in [0.5, 0.6) is 0 Å². The molecule has 0 bridgehead atoms. The SMILES string of the molecule is Cl.Cl.NCCNc1ncnc2ccccc12. The predicted octanol–water partition coefficient (Wildman–Crippen LogP) is 1.84. The number of hydrogen-bond donors (Lipinski definition) is 2. The van der Waals surface area contributed by atoms with Crippen LogP contribution in [0, 0.1) is 0 Å². The number of rotatable bonds is 3. The molecule has 2 aromatic rings. The molecule has 16 heavy (non-hydrogen) atoms. The second kappa shape index (κ2) is 7.22. The maximum absolute atomic E-state index is 5.41. The number of fused-ring (bicyclic) bond motifs is 1. The van der Waals surface area contributed by atoms with Gasteiger partial charge in [-0.3, -0.25) is 0 Å². The van der Waals surface area contributed by atoms with Crippen molar-refractivity contribution in [2.45, 2.75) is 0 Å². The van der Waals surface area contributed by atoms with Crippen LogP contribution in [-0.4, -0.2) is 23.1 Å². The highest BCUT2D eigenvalue weighted by atomic mass is 35.5. The van der Waals surface area contributed by atoms with Gasteiger partial charge in [-0.05, 0) is 12.1 Å². The van der Waals surface area contributed by atoms with Crippen LogP contribution in [0.15, 0.2) is 30.6 Å². The van der Waals surface area contributed by atoms with Gasteiger partial charge >= 0.3 is 0 Å². The molecule has 3 N–H and O–H groups in total. The van der Waals surface area contributed by atoms with Crippen LogP contribution < -0.4 is 11.1 Å². The van der Waals surface area contributed by atoms with Crippen molar-refractivity contribution in [1.29, 1.82) is 0 Å². The van der Waals surface area contributed by atoms with Gasteiger partial charge in [-0.15, -0.1) is 24.8 Å². The topological polar surface area (TPSA) is 63.8 Å². The fraction of sp³-hybridized carbons (Fsp3) is 0.200. The molecule has 0 atom stereocenters. The molecule has 0 aliphatic heterocycles. The van der Waals surface area contributed by atoms with Gasteiger partial charge in [0.1, 0.15) is 12.1 Å². The van der Waals surface area contributed by atoms with Crippen LogP contribution in [-0.2, 0) is 0 Å². The highest BCUT2D eigenvalue weighted by Gasteiger charge is 2.00. The lowest BCUT2D eigenvalue weighted by atomic mass is 10.2. The Kier molecular flexibility index (Phi) is 6.72. The molecular weight excluding hydrogens is 247 g/mol. The van der Waals surface area contributed by atoms with E-state index in [0.717, 1.165) is 23.3 Å². The minimum Gasteiger partial charge on any atom is -0.368 e. The second-order valence-corrected chi connectivity index (χ2v) is 2.95. The van der Waals surface area contributed by atoms with Crippen LogP contribution in [0.3, 0.4) is 0 Å². The average molecular weight is 261 g/mol. The number of para-hydroxylation sites is 1. The summed E-state index contributed by atoms with van der Waals surface area (Å²) in [5.74, 6) is 0.848. The molecule has 0 saturated carbocycles. The number of aromatic nitrogens is 2. The van der Waals surface area contributed by atoms with E-state index in [9.17, 15) is 0 Å². The molecule has 2 rings (SSSR count). The van der Waals surface area contributed by atoms with Crippen molar-refractivity contribution in [2.75, 3.05) is 18.4 Å². The van der Waals surface area contributed by atoms with Gasteiger partial charge in [0.05, 0.1) is 5.52 Å². The monoisotopic (exact) mass is 260 g/mol. The van der Waals surface area contributed by atoms with E-state index >= 15 is 0 Å². The fourth-order valence-corrected chi connectivity index (χ4v) is 1.34. The summed E-state index contributed by atoms with van der Waals surface area (Å²) < 4.78 is 0. The maximum atomic E-state index is 5.41. The van der Waals surface area contributed by atoms with Gasteiger partial charge < -0.3 is 11.1 Å². The van der Waals surface area contributed by atoms with E-state index in [1.165, 1.54) is 0 Å². The largest absolute Gasteiger partial charge is 0.368 e. The zero-order chi connectivity index (χ0) is 9.80. The molecule has 1 heterocycles. The van der Waals surface area contributed by atoms with E-state index < -0.39 is 0 Å². The standard InChI is InChI=1S/C10H12N4.2ClH/c11-5-6-12-10-8-3-1-2-4-9(8)13-7-14-10;;/h1-4,7H,5-6,11H2,(H,12,13,14);2*1H. The normalized spacial score (nSPS) is 9.06. The Hall–Kier alpha value is -1.10. The molecule has 0 aliphatic rings. The molecule has 0 unspecified atom stereocenters. The number of benzene rings is 1. The molecule has 0 fully saturated rings. The molecule has 6 heteroatoms. The Labute approximate surface area is 106 Å². The van der Waals surface area contributed by atoms with Crippen molar-refractivity contribution in [3.63, 3.8) is 0 Å². The highest BCUT2D eigenvalue weighted by molar-refractivity contribution is 5.88. The van der Waals surface area contributed by atoms with Crippen molar-refractivity contribution in [1.82, 2.24) is 9.97 Å². The Bertz CT molecular complexity index is 431. The van der Waals surface area contributed by atoms with E-state index in [1.807, 2.05) is 24.3 Å². The van der Waals surface area contributed by atoms with Crippen molar-refractivity contribution >= 4 is 41.5 Å². The number of anilines is 1. The molecule has 4 nitrogen and oxygen atoms in total. The first-order chi connectivity index (χ1) is 6.92. The third-order valence-corrected chi connectivity index (χ3v) is 1.98. The van der Waals surface area contributed by atoms with Crippen molar-refractivity contribution in [2.24, 2.45) is 5.73 Å². The van der Waals surface area contributed by atoms with Gasteiger partial charge in [-0.2, -0.15) is 0 Å². The van der Waals surface area contributed by atoms with Gasteiger partial charge in [0.2, 0.25) is 0 Å². The summed E-state index contributed by atoms with van der Waals surface area (Å²) in [4.78, 5) is 8.33. The Morgan fingerprint density at radius 3 is 2.62 bits per heavy atom. The zero-order valence-corrected chi connectivity index (χ0v) is 10.2. The summed E-state index contributed by atoms with van der Waals surface area (Å²) in [5, 5.41) is 4.19. The summed E-state index contributed by atoms with van der Waals surface area (Å²) in [6.07, 6.45) is 1.56. The quantitative estimate of drug-likeness (QED) is 0.884. The lowest BCUT2D eigenvalue weighted by Crippen LogP contribution is -2.14. The summed E-state index contributed by atoms with van der Waals surface area (Å²) >= 11 is 0. The second-order valence-electron chi connectivity index (χ2n) is 2.95. The first-order valence-corrected chi connectivity index (χ1v) is 4.55. The number of nitrogens with two attached hydrogens (primary N) is 1. The molecule has 0 aliphatic carbocycles. The smallest absolute Gasteiger partial charge is 0.137 e. The van der Waals surface area contributed by atoms with Crippen molar-refractivity contribution in [3.05, 3.63) is 30.6 Å². The lowest BCUT2D eigenvalue weighted by molar-refractivity contribution is 1.01. The Morgan fingerprint density at radius 1 is 1.12 bits per heavy atom. The summed E-state index contributed by atoms with van der Waals surface area (Å²) in [7, 11) is 0. The molecular formula is C10H14Cl2N4. The zero-order valence-electron chi connectivity index (χ0n) is 8.59. The fourth-order valence-electron chi connectivity index (χ4n) is 1.34. The van der Waals surface area contributed by atoms with Gasteiger partial charge in [0, 0.05) is 18.5 Å². The Balaban J connectivity index is 0.00000112. The molecule has 0 saturated heterocycles. The van der Waals surface area contributed by atoms with Crippen molar-refractivity contribution in [3.8, 4) is 0 Å². The Morgan fingerprint density at radius 2 is 1.88 bits per heavy atom. The van der Waals surface area contributed by atoms with Crippen molar-refractivity contribution < 1.29 is 0 Å². The summed E-state index contributed by atoms with van der Waals surface area (Å²) in [6, 6.07) is 7.89. The van der Waals surface area contributed by atoms with Gasteiger partial charge in [-0.1, -0.05) is 12.1 Å². The first-order valence-electron chi connectivity index (χ1n) is 4.55. The lowest BCUT2D eigenvalue weighted by Gasteiger charge is -2.05. The molecule has 0 spiro atoms. The van der Waals surface area contributed by atoms with Crippen LogP contribution in [0.25, 0.3) is 10.9 Å². The number of nitrogens with zero attached hydrogens (tertiary/aromatic N) is 2. The minimum atomic E-state index is 0.